The molecule has 0 atom stereocenters. The van der Waals surface area contributed by atoms with E-state index in [1.165, 1.54) is 42.8 Å². The summed E-state index contributed by atoms with van der Waals surface area (Å²) >= 11 is 1.96. The van der Waals surface area contributed by atoms with E-state index < -0.39 is 0 Å². The summed E-state index contributed by atoms with van der Waals surface area (Å²) in [5.74, 6) is 2.19. The van der Waals surface area contributed by atoms with Gasteiger partial charge in [0.2, 0.25) is 0 Å². The molecular weight excluding hydrogens is 216 g/mol. The van der Waals surface area contributed by atoms with Crippen LogP contribution in [0.4, 0.5) is 0 Å². The lowest BCUT2D eigenvalue weighted by Gasteiger charge is -2.20. The van der Waals surface area contributed by atoms with Crippen LogP contribution in [0.2, 0.25) is 0 Å². The summed E-state index contributed by atoms with van der Waals surface area (Å²) in [7, 11) is 0. The lowest BCUT2D eigenvalue weighted by Crippen LogP contribution is -2.08. The number of thioether (sulfide) groups is 1. The Morgan fingerprint density at radius 3 is 2.38 bits per heavy atom. The van der Waals surface area contributed by atoms with Crippen molar-refractivity contribution < 1.29 is 5.11 Å². The largest absolute Gasteiger partial charge is 0.392 e. The molecular formula is C14H20OS. The van der Waals surface area contributed by atoms with Crippen molar-refractivity contribution in [3.63, 3.8) is 0 Å². The molecule has 0 aliphatic heterocycles. The molecule has 16 heavy (non-hydrogen) atoms. The Morgan fingerprint density at radius 2 is 1.75 bits per heavy atom. The van der Waals surface area contributed by atoms with E-state index in [-0.39, 0.29) is 6.61 Å². The zero-order valence-corrected chi connectivity index (χ0v) is 10.5. The minimum absolute atomic E-state index is 0.146. The highest BCUT2D eigenvalue weighted by molar-refractivity contribution is 7.99. The first-order valence-corrected chi connectivity index (χ1v) is 7.19. The molecule has 0 spiro atoms. The van der Waals surface area contributed by atoms with Gasteiger partial charge in [-0.3, -0.25) is 0 Å². The maximum atomic E-state index is 8.96. The molecule has 0 amide bonds. The molecule has 1 N–H and O–H groups in total. The number of benzene rings is 1. The lowest BCUT2D eigenvalue weighted by molar-refractivity contribution is 0.282. The second kappa shape index (κ2) is 6.31. The molecule has 1 aliphatic carbocycles. The summed E-state index contributed by atoms with van der Waals surface area (Å²) in [6, 6.07) is 8.28. The van der Waals surface area contributed by atoms with Crippen molar-refractivity contribution in [2.75, 3.05) is 5.75 Å². The summed E-state index contributed by atoms with van der Waals surface area (Å²) in [6.45, 7) is 0.146. The van der Waals surface area contributed by atoms with Gasteiger partial charge in [-0.25, -0.2) is 0 Å². The molecule has 88 valence electrons. The highest BCUT2D eigenvalue weighted by atomic mass is 32.2. The van der Waals surface area contributed by atoms with Gasteiger partial charge in [-0.05, 0) is 36.5 Å². The van der Waals surface area contributed by atoms with Crippen LogP contribution in [0.3, 0.4) is 0 Å². The standard InChI is InChI=1S/C14H20OS/c15-10-12-6-8-14(9-7-12)16-11-13-4-2-1-3-5-13/h6-9,13,15H,1-5,10-11H2. The fourth-order valence-electron chi connectivity index (χ4n) is 2.26. The monoisotopic (exact) mass is 236 g/mol. The van der Waals surface area contributed by atoms with Gasteiger partial charge < -0.3 is 5.11 Å². The van der Waals surface area contributed by atoms with Crippen LogP contribution in [0.25, 0.3) is 0 Å². The topological polar surface area (TPSA) is 20.2 Å². The van der Waals surface area contributed by atoms with Gasteiger partial charge in [0.15, 0.2) is 0 Å². The Labute approximate surface area is 102 Å². The van der Waals surface area contributed by atoms with Crippen molar-refractivity contribution in [2.24, 2.45) is 5.92 Å². The van der Waals surface area contributed by atoms with Gasteiger partial charge in [-0.15, -0.1) is 11.8 Å². The minimum Gasteiger partial charge on any atom is -0.392 e. The molecule has 0 aromatic heterocycles. The Kier molecular flexibility index (Phi) is 4.73. The zero-order valence-electron chi connectivity index (χ0n) is 9.69. The first kappa shape index (κ1) is 12.0. The van der Waals surface area contributed by atoms with E-state index in [2.05, 4.69) is 12.1 Å². The van der Waals surface area contributed by atoms with E-state index >= 15 is 0 Å². The highest BCUT2D eigenvalue weighted by Gasteiger charge is 2.13. The Bertz CT molecular complexity index is 301. The fourth-order valence-corrected chi connectivity index (χ4v) is 3.35. The van der Waals surface area contributed by atoms with Crippen LogP contribution < -0.4 is 0 Å². The first-order chi connectivity index (χ1) is 7.88. The van der Waals surface area contributed by atoms with Crippen LogP contribution in [-0.2, 0) is 6.61 Å². The van der Waals surface area contributed by atoms with Crippen molar-refractivity contribution in [1.82, 2.24) is 0 Å². The van der Waals surface area contributed by atoms with Crippen LogP contribution >= 0.6 is 11.8 Å². The third-order valence-corrected chi connectivity index (χ3v) is 4.56. The van der Waals surface area contributed by atoms with Crippen LogP contribution in [0, 0.1) is 5.92 Å². The lowest BCUT2D eigenvalue weighted by atomic mass is 9.91. The summed E-state index contributed by atoms with van der Waals surface area (Å²) in [5.41, 5.74) is 1.00. The van der Waals surface area contributed by atoms with Crippen molar-refractivity contribution >= 4 is 11.8 Å². The Morgan fingerprint density at radius 1 is 1.06 bits per heavy atom. The van der Waals surface area contributed by atoms with Crippen molar-refractivity contribution in [1.29, 1.82) is 0 Å². The summed E-state index contributed by atoms with van der Waals surface area (Å²) in [5, 5.41) is 8.96. The van der Waals surface area contributed by atoms with Crippen LogP contribution in [0.5, 0.6) is 0 Å². The molecule has 0 radical (unpaired) electrons. The predicted octanol–water partition coefficient (Wildman–Crippen LogP) is 3.85. The molecule has 0 bridgehead atoms. The maximum Gasteiger partial charge on any atom is 0.0681 e. The molecule has 1 fully saturated rings. The average Bonchev–Trinajstić information content (AvgIpc) is 2.38. The third kappa shape index (κ3) is 3.53. The van der Waals surface area contributed by atoms with E-state index in [0.29, 0.717) is 0 Å². The second-order valence-electron chi connectivity index (χ2n) is 4.62. The molecule has 1 aliphatic rings. The number of hydrogen-bond acceptors (Lipinski definition) is 2. The van der Waals surface area contributed by atoms with Crippen molar-refractivity contribution in [3.05, 3.63) is 29.8 Å². The highest BCUT2D eigenvalue weighted by Crippen LogP contribution is 2.29. The maximum absolute atomic E-state index is 8.96. The van der Waals surface area contributed by atoms with Gasteiger partial charge >= 0.3 is 0 Å². The van der Waals surface area contributed by atoms with Gasteiger partial charge in [0.05, 0.1) is 6.61 Å². The van der Waals surface area contributed by atoms with E-state index in [1.807, 2.05) is 23.9 Å². The fraction of sp³-hybridized carbons (Fsp3) is 0.571. The van der Waals surface area contributed by atoms with Crippen molar-refractivity contribution in [2.45, 2.75) is 43.6 Å². The smallest absolute Gasteiger partial charge is 0.0681 e. The SMILES string of the molecule is OCc1ccc(SCC2CCCCC2)cc1. The third-order valence-electron chi connectivity index (χ3n) is 3.32. The summed E-state index contributed by atoms with van der Waals surface area (Å²) in [4.78, 5) is 1.34. The van der Waals surface area contributed by atoms with E-state index in [0.717, 1.165) is 11.5 Å². The summed E-state index contributed by atoms with van der Waals surface area (Å²) < 4.78 is 0. The molecule has 2 heteroatoms. The first-order valence-electron chi connectivity index (χ1n) is 6.21. The number of aliphatic hydroxyl groups is 1. The number of hydrogen-bond donors (Lipinski definition) is 1. The molecule has 0 unspecified atom stereocenters. The molecule has 1 aromatic carbocycles. The molecule has 0 heterocycles. The van der Waals surface area contributed by atoms with Gasteiger partial charge in [0.25, 0.3) is 0 Å². The second-order valence-corrected chi connectivity index (χ2v) is 5.71. The van der Waals surface area contributed by atoms with Gasteiger partial charge in [-0.1, -0.05) is 31.4 Å². The van der Waals surface area contributed by atoms with E-state index in [4.69, 9.17) is 5.11 Å². The average molecular weight is 236 g/mol. The van der Waals surface area contributed by atoms with E-state index in [1.54, 1.807) is 0 Å². The predicted molar refractivity (Wildman–Crippen MR) is 69.7 cm³/mol. The van der Waals surface area contributed by atoms with Crippen LogP contribution in [0.1, 0.15) is 37.7 Å². The Hall–Kier alpha value is -0.470. The molecule has 1 saturated carbocycles. The van der Waals surface area contributed by atoms with Gasteiger partial charge in [0.1, 0.15) is 0 Å². The molecule has 1 aromatic rings. The number of aliphatic hydroxyl groups excluding tert-OH is 1. The molecule has 1 nitrogen and oxygen atoms in total. The van der Waals surface area contributed by atoms with Gasteiger partial charge in [0, 0.05) is 10.6 Å². The quantitative estimate of drug-likeness (QED) is 0.801. The van der Waals surface area contributed by atoms with Crippen LogP contribution in [-0.4, -0.2) is 10.9 Å². The van der Waals surface area contributed by atoms with Gasteiger partial charge in [-0.2, -0.15) is 0 Å². The molecule has 2 rings (SSSR count). The zero-order chi connectivity index (χ0) is 11.2. The van der Waals surface area contributed by atoms with Crippen LogP contribution in [0.15, 0.2) is 29.2 Å². The number of rotatable bonds is 4. The normalized spacial score (nSPS) is 17.6. The Balaban J connectivity index is 1.79. The van der Waals surface area contributed by atoms with Crippen molar-refractivity contribution in [3.8, 4) is 0 Å². The minimum atomic E-state index is 0.146. The summed E-state index contributed by atoms with van der Waals surface area (Å²) in [6.07, 6.45) is 7.12. The van der Waals surface area contributed by atoms with E-state index in [9.17, 15) is 0 Å². The molecule has 0 saturated heterocycles.